The van der Waals surface area contributed by atoms with Crippen LogP contribution >= 0.6 is 0 Å². The number of carbonyl (C=O) groups excluding carboxylic acids is 2. The summed E-state index contributed by atoms with van der Waals surface area (Å²) in [6.07, 6.45) is -4.21. The number of halogens is 2. The van der Waals surface area contributed by atoms with E-state index in [0.717, 1.165) is 26.7 Å². The summed E-state index contributed by atoms with van der Waals surface area (Å²) in [4.78, 5) is 22.9. The Morgan fingerprint density at radius 1 is 1.04 bits per heavy atom. The standard InChI is InChI=1S/C18H30F2O7/c1-5-7-9-23-11-18(17(19)20)15(24-10-8-6-2)14(25-12(3)21)16(27-18)26-13(4)22/h14-17H,5-11H2,1-4H3/t14-,15+,16+,18-/m1/s1. The van der Waals surface area contributed by atoms with Crippen molar-refractivity contribution in [3.63, 3.8) is 0 Å². The summed E-state index contributed by atoms with van der Waals surface area (Å²) in [7, 11) is 0. The lowest BCUT2D eigenvalue weighted by atomic mass is 9.96. The fourth-order valence-electron chi connectivity index (χ4n) is 2.76. The smallest absolute Gasteiger partial charge is 0.305 e. The largest absolute Gasteiger partial charge is 0.453 e. The third-order valence-electron chi connectivity index (χ3n) is 4.10. The Labute approximate surface area is 158 Å². The molecule has 1 heterocycles. The Kier molecular flexibility index (Phi) is 10.1. The van der Waals surface area contributed by atoms with Crippen LogP contribution < -0.4 is 0 Å². The van der Waals surface area contributed by atoms with Crippen molar-refractivity contribution >= 4 is 11.9 Å². The van der Waals surface area contributed by atoms with E-state index in [2.05, 4.69) is 0 Å². The van der Waals surface area contributed by atoms with Crippen LogP contribution in [0.25, 0.3) is 0 Å². The Morgan fingerprint density at radius 2 is 1.63 bits per heavy atom. The zero-order valence-electron chi connectivity index (χ0n) is 16.4. The molecule has 0 spiro atoms. The van der Waals surface area contributed by atoms with Crippen LogP contribution in [-0.2, 0) is 33.3 Å². The lowest BCUT2D eigenvalue weighted by Gasteiger charge is -2.33. The third kappa shape index (κ3) is 6.65. The monoisotopic (exact) mass is 396 g/mol. The molecule has 4 atom stereocenters. The molecule has 1 aliphatic rings. The quantitative estimate of drug-likeness (QED) is 0.371. The number of esters is 2. The summed E-state index contributed by atoms with van der Waals surface area (Å²) in [5, 5.41) is 0. The van der Waals surface area contributed by atoms with Gasteiger partial charge in [0.05, 0.1) is 6.61 Å². The molecule has 0 aromatic rings. The molecule has 9 heteroatoms. The topological polar surface area (TPSA) is 80.3 Å². The van der Waals surface area contributed by atoms with Crippen molar-refractivity contribution in [3.8, 4) is 0 Å². The summed E-state index contributed by atoms with van der Waals surface area (Å²) in [5.41, 5.74) is -2.21. The maximum Gasteiger partial charge on any atom is 0.305 e. The van der Waals surface area contributed by atoms with Crippen molar-refractivity contribution in [2.75, 3.05) is 19.8 Å². The van der Waals surface area contributed by atoms with Crippen molar-refractivity contribution < 1.29 is 42.1 Å². The minimum Gasteiger partial charge on any atom is -0.453 e. The van der Waals surface area contributed by atoms with Gasteiger partial charge in [-0.15, -0.1) is 0 Å². The van der Waals surface area contributed by atoms with Gasteiger partial charge in [0.15, 0.2) is 11.7 Å². The number of rotatable bonds is 12. The molecular weight excluding hydrogens is 366 g/mol. The van der Waals surface area contributed by atoms with Gasteiger partial charge in [-0.25, -0.2) is 8.78 Å². The zero-order valence-corrected chi connectivity index (χ0v) is 16.4. The van der Waals surface area contributed by atoms with Crippen molar-refractivity contribution in [2.45, 2.75) is 83.9 Å². The summed E-state index contributed by atoms with van der Waals surface area (Å²) in [5.74, 6) is -1.47. The molecule has 158 valence electrons. The van der Waals surface area contributed by atoms with Crippen molar-refractivity contribution in [3.05, 3.63) is 0 Å². The molecule has 1 aliphatic heterocycles. The molecule has 0 amide bonds. The van der Waals surface area contributed by atoms with Crippen LogP contribution in [0, 0.1) is 0 Å². The highest BCUT2D eigenvalue weighted by Crippen LogP contribution is 2.41. The molecule has 0 radical (unpaired) electrons. The molecule has 0 aromatic carbocycles. The van der Waals surface area contributed by atoms with Gasteiger partial charge < -0.3 is 23.7 Å². The molecule has 1 fully saturated rings. The highest BCUT2D eigenvalue weighted by atomic mass is 19.3. The number of unbranched alkanes of at least 4 members (excludes halogenated alkanes) is 2. The first-order valence-corrected chi connectivity index (χ1v) is 9.28. The molecule has 0 unspecified atom stereocenters. The summed E-state index contributed by atoms with van der Waals surface area (Å²) < 4.78 is 54.9. The van der Waals surface area contributed by atoms with E-state index >= 15 is 0 Å². The summed E-state index contributed by atoms with van der Waals surface area (Å²) >= 11 is 0. The van der Waals surface area contributed by atoms with Crippen molar-refractivity contribution in [1.82, 2.24) is 0 Å². The number of carbonyl (C=O) groups is 2. The fourth-order valence-corrected chi connectivity index (χ4v) is 2.76. The highest BCUT2D eigenvalue weighted by molar-refractivity contribution is 5.67. The molecule has 0 N–H and O–H groups in total. The number of hydrogen-bond acceptors (Lipinski definition) is 7. The van der Waals surface area contributed by atoms with Gasteiger partial charge in [0.2, 0.25) is 6.29 Å². The van der Waals surface area contributed by atoms with E-state index in [1.54, 1.807) is 0 Å². The molecular formula is C18H30F2O7. The molecule has 0 aliphatic carbocycles. The van der Waals surface area contributed by atoms with Crippen LogP contribution in [0.5, 0.6) is 0 Å². The first-order chi connectivity index (χ1) is 12.8. The van der Waals surface area contributed by atoms with E-state index in [-0.39, 0.29) is 13.2 Å². The zero-order chi connectivity index (χ0) is 20.4. The van der Waals surface area contributed by atoms with Gasteiger partial charge in [0.1, 0.15) is 6.10 Å². The minimum absolute atomic E-state index is 0.165. The lowest BCUT2D eigenvalue weighted by molar-refractivity contribution is -0.240. The number of hydrogen-bond donors (Lipinski definition) is 0. The number of alkyl halides is 2. The van der Waals surface area contributed by atoms with E-state index in [4.69, 9.17) is 23.7 Å². The molecule has 1 rings (SSSR count). The molecule has 7 nitrogen and oxygen atoms in total. The Hall–Kier alpha value is -1.32. The highest BCUT2D eigenvalue weighted by Gasteiger charge is 2.64. The maximum absolute atomic E-state index is 14.1. The second-order valence-corrected chi connectivity index (χ2v) is 6.48. The summed E-state index contributed by atoms with van der Waals surface area (Å²) in [6, 6.07) is 0. The second kappa shape index (κ2) is 11.5. The van der Waals surface area contributed by atoms with Gasteiger partial charge in [-0.3, -0.25) is 9.59 Å². The average molecular weight is 396 g/mol. The summed E-state index contributed by atoms with van der Waals surface area (Å²) in [6.45, 7) is 6.08. The molecule has 1 saturated heterocycles. The average Bonchev–Trinajstić information content (AvgIpc) is 2.85. The Balaban J connectivity index is 3.14. The van der Waals surface area contributed by atoms with Crippen molar-refractivity contribution in [1.29, 1.82) is 0 Å². The van der Waals surface area contributed by atoms with Crippen molar-refractivity contribution in [2.24, 2.45) is 0 Å². The van der Waals surface area contributed by atoms with Gasteiger partial charge in [0.25, 0.3) is 6.43 Å². The molecule has 0 bridgehead atoms. The first kappa shape index (κ1) is 23.7. The Bertz CT molecular complexity index is 475. The van der Waals surface area contributed by atoms with Gasteiger partial charge in [-0.2, -0.15) is 0 Å². The van der Waals surface area contributed by atoms with Crippen LogP contribution in [0.15, 0.2) is 0 Å². The maximum atomic E-state index is 14.1. The van der Waals surface area contributed by atoms with Gasteiger partial charge in [-0.05, 0) is 12.8 Å². The minimum atomic E-state index is -3.01. The SMILES string of the molecule is CCCCOC[C@@]1(C(F)F)O[C@H](OC(C)=O)[C@H](OC(C)=O)[C@@H]1OCCCC. The molecule has 27 heavy (non-hydrogen) atoms. The molecule has 0 aromatic heterocycles. The van der Waals surface area contributed by atoms with E-state index in [1.165, 1.54) is 0 Å². The van der Waals surface area contributed by atoms with Crippen LogP contribution in [0.2, 0.25) is 0 Å². The van der Waals surface area contributed by atoms with Crippen LogP contribution in [0.4, 0.5) is 8.78 Å². The predicted molar refractivity (Wildman–Crippen MR) is 91.3 cm³/mol. The molecule has 0 saturated carbocycles. The van der Waals surface area contributed by atoms with Gasteiger partial charge in [-0.1, -0.05) is 26.7 Å². The Morgan fingerprint density at radius 3 is 2.15 bits per heavy atom. The van der Waals surface area contributed by atoms with Gasteiger partial charge >= 0.3 is 11.9 Å². The van der Waals surface area contributed by atoms with Crippen LogP contribution in [0.3, 0.4) is 0 Å². The number of ether oxygens (including phenoxy) is 5. The van der Waals surface area contributed by atoms with E-state index in [1.807, 2.05) is 13.8 Å². The van der Waals surface area contributed by atoms with E-state index < -0.39 is 49.1 Å². The van der Waals surface area contributed by atoms with Gasteiger partial charge in [0, 0.05) is 27.1 Å². The van der Waals surface area contributed by atoms with Crippen LogP contribution in [-0.4, -0.2) is 62.3 Å². The van der Waals surface area contributed by atoms with Crippen LogP contribution in [0.1, 0.15) is 53.4 Å². The van der Waals surface area contributed by atoms with E-state index in [0.29, 0.717) is 12.8 Å². The predicted octanol–water partition coefficient (Wildman–Crippen LogP) is 2.84. The fraction of sp³-hybridized carbons (Fsp3) is 0.889. The lowest BCUT2D eigenvalue weighted by Crippen LogP contribution is -2.54. The normalized spacial score (nSPS) is 27.7. The third-order valence-corrected chi connectivity index (χ3v) is 4.10. The second-order valence-electron chi connectivity index (χ2n) is 6.48. The van der Waals surface area contributed by atoms with E-state index in [9.17, 15) is 18.4 Å². The first-order valence-electron chi connectivity index (χ1n) is 9.28.